The molecule has 184 valence electrons. The summed E-state index contributed by atoms with van der Waals surface area (Å²) in [5.74, 6) is 0.814. The van der Waals surface area contributed by atoms with Crippen LogP contribution in [-0.2, 0) is 30.7 Å². The van der Waals surface area contributed by atoms with Crippen molar-refractivity contribution >= 4 is 23.2 Å². The summed E-state index contributed by atoms with van der Waals surface area (Å²) in [6.07, 6.45) is 3.46. The minimum atomic E-state index is -0.156. The summed E-state index contributed by atoms with van der Waals surface area (Å²) >= 11 is 1.64. The molecule has 0 radical (unpaired) electrons. The van der Waals surface area contributed by atoms with Gasteiger partial charge in [-0.05, 0) is 31.9 Å². The van der Waals surface area contributed by atoms with Gasteiger partial charge in [0.15, 0.2) is 23.8 Å². The second kappa shape index (κ2) is 10.1. The van der Waals surface area contributed by atoms with Crippen LogP contribution in [-0.4, -0.2) is 57.8 Å². The highest BCUT2D eigenvalue weighted by atomic mass is 32.1. The molecule has 0 unspecified atom stereocenters. The van der Waals surface area contributed by atoms with E-state index in [-0.39, 0.29) is 24.5 Å². The molecule has 3 aromatic rings. The number of nitrogens with zero attached hydrogens (tertiary/aromatic N) is 4. The minimum absolute atomic E-state index is 0.0991. The van der Waals surface area contributed by atoms with E-state index in [1.807, 2.05) is 29.2 Å². The maximum absolute atomic E-state index is 13.0. The second-order valence-corrected chi connectivity index (χ2v) is 9.80. The van der Waals surface area contributed by atoms with Gasteiger partial charge < -0.3 is 19.7 Å². The maximum atomic E-state index is 13.0. The Balaban J connectivity index is 1.31. The Labute approximate surface area is 208 Å². The van der Waals surface area contributed by atoms with E-state index in [1.54, 1.807) is 35.5 Å². The minimum Gasteiger partial charge on any atom is -0.493 e. The quantitative estimate of drug-likeness (QED) is 0.490. The van der Waals surface area contributed by atoms with E-state index in [0.29, 0.717) is 43.2 Å². The average Bonchev–Trinajstić information content (AvgIpc) is 3.48. The van der Waals surface area contributed by atoms with E-state index in [4.69, 9.17) is 14.6 Å². The fourth-order valence-electron chi connectivity index (χ4n) is 4.29. The van der Waals surface area contributed by atoms with E-state index in [9.17, 15) is 9.59 Å². The van der Waals surface area contributed by atoms with Crippen LogP contribution in [0.1, 0.15) is 45.2 Å². The maximum Gasteiger partial charge on any atom is 0.272 e. The summed E-state index contributed by atoms with van der Waals surface area (Å²) in [6, 6.07) is 7.48. The fraction of sp³-hybridized carbons (Fsp3) is 0.440. The molecule has 0 bridgehead atoms. The molecule has 2 aliphatic rings. The van der Waals surface area contributed by atoms with Crippen LogP contribution in [0.3, 0.4) is 0 Å². The highest BCUT2D eigenvalue weighted by Gasteiger charge is 2.32. The summed E-state index contributed by atoms with van der Waals surface area (Å²) in [4.78, 5) is 33.3. The van der Waals surface area contributed by atoms with Crippen molar-refractivity contribution in [3.8, 4) is 11.5 Å². The first-order valence-electron chi connectivity index (χ1n) is 11.9. The number of hydrogen-bond donors (Lipinski definition) is 1. The zero-order chi connectivity index (χ0) is 24.4. The van der Waals surface area contributed by atoms with Crippen molar-refractivity contribution < 1.29 is 19.1 Å². The van der Waals surface area contributed by atoms with Crippen molar-refractivity contribution in [2.24, 2.45) is 0 Å². The Bertz CT molecular complexity index is 1230. The van der Waals surface area contributed by atoms with Crippen molar-refractivity contribution in [3.05, 3.63) is 57.3 Å². The zero-order valence-corrected chi connectivity index (χ0v) is 20.8. The Morgan fingerprint density at radius 2 is 2.03 bits per heavy atom. The predicted molar refractivity (Wildman–Crippen MR) is 131 cm³/mol. The first-order valence-corrected chi connectivity index (χ1v) is 12.7. The van der Waals surface area contributed by atoms with Crippen molar-refractivity contribution in [3.63, 3.8) is 0 Å². The van der Waals surface area contributed by atoms with E-state index in [0.717, 1.165) is 36.2 Å². The van der Waals surface area contributed by atoms with Gasteiger partial charge in [0.05, 0.1) is 18.3 Å². The van der Waals surface area contributed by atoms with Crippen LogP contribution in [0.25, 0.3) is 0 Å². The molecule has 2 aromatic heterocycles. The number of benzene rings is 1. The molecule has 35 heavy (non-hydrogen) atoms. The highest BCUT2D eigenvalue weighted by Crippen LogP contribution is 2.28. The monoisotopic (exact) mass is 495 g/mol. The molecule has 1 aliphatic heterocycles. The van der Waals surface area contributed by atoms with Gasteiger partial charge in [0, 0.05) is 54.7 Å². The topological polar surface area (TPSA) is 98.6 Å². The van der Waals surface area contributed by atoms with Gasteiger partial charge in [-0.15, -0.1) is 11.3 Å². The molecule has 5 rings (SSSR count). The van der Waals surface area contributed by atoms with Gasteiger partial charge >= 0.3 is 0 Å². The summed E-state index contributed by atoms with van der Waals surface area (Å²) in [5, 5.41) is 7.77. The number of methoxy groups -OCH3 is 1. The molecule has 1 aromatic carbocycles. The zero-order valence-electron chi connectivity index (χ0n) is 20.0. The Kier molecular flexibility index (Phi) is 6.72. The molecule has 3 heterocycles. The SMILES string of the molecule is COc1ccccc1OCC(=O)N1CCc2c(c(C(=O)NC3CC3)nn2CCc2scnc2C)C1. The van der Waals surface area contributed by atoms with E-state index in [1.165, 1.54) is 4.88 Å². The number of carbonyl (C=O) groups excluding carboxylic acids is 2. The number of ether oxygens (including phenoxy) is 2. The van der Waals surface area contributed by atoms with Crippen LogP contribution < -0.4 is 14.8 Å². The molecule has 2 amide bonds. The van der Waals surface area contributed by atoms with E-state index < -0.39 is 0 Å². The fourth-order valence-corrected chi connectivity index (χ4v) is 5.07. The Morgan fingerprint density at radius 1 is 1.23 bits per heavy atom. The average molecular weight is 496 g/mol. The number of para-hydroxylation sites is 2. The number of hydrogen-bond acceptors (Lipinski definition) is 7. The van der Waals surface area contributed by atoms with Gasteiger partial charge in [-0.25, -0.2) is 4.98 Å². The third-order valence-electron chi connectivity index (χ3n) is 6.43. The number of rotatable bonds is 9. The summed E-state index contributed by atoms with van der Waals surface area (Å²) in [6.45, 7) is 3.48. The molecule has 9 nitrogen and oxygen atoms in total. The van der Waals surface area contributed by atoms with Gasteiger partial charge in [-0.1, -0.05) is 12.1 Å². The standard InChI is InChI=1S/C25H29N5O4S/c1-16-22(35-15-26-16)10-12-30-19-9-11-29(13-18(19)24(28-30)25(32)27-17-7-8-17)23(31)14-34-21-6-4-3-5-20(21)33-2/h3-6,15,17H,7-14H2,1-2H3,(H,27,32). The Morgan fingerprint density at radius 3 is 2.74 bits per heavy atom. The van der Waals surface area contributed by atoms with Gasteiger partial charge in [0.25, 0.3) is 11.8 Å². The van der Waals surface area contributed by atoms with Crippen LogP contribution >= 0.6 is 11.3 Å². The molecular weight excluding hydrogens is 466 g/mol. The third-order valence-corrected chi connectivity index (χ3v) is 7.42. The molecule has 1 saturated carbocycles. The first kappa shape index (κ1) is 23.3. The van der Waals surface area contributed by atoms with Crippen LogP contribution in [0.15, 0.2) is 29.8 Å². The first-order chi connectivity index (χ1) is 17.0. The van der Waals surface area contributed by atoms with Crippen molar-refractivity contribution in [1.29, 1.82) is 0 Å². The number of nitrogens with one attached hydrogen (secondary N) is 1. The van der Waals surface area contributed by atoms with Crippen molar-refractivity contribution in [1.82, 2.24) is 25.0 Å². The molecule has 1 fully saturated rings. The van der Waals surface area contributed by atoms with Gasteiger partial charge in [-0.2, -0.15) is 5.10 Å². The van der Waals surface area contributed by atoms with Crippen LogP contribution in [0, 0.1) is 6.92 Å². The normalized spacial score (nSPS) is 15.0. The lowest BCUT2D eigenvalue weighted by molar-refractivity contribution is -0.134. The summed E-state index contributed by atoms with van der Waals surface area (Å²) < 4.78 is 13.0. The number of fused-ring (bicyclic) bond motifs is 1. The largest absolute Gasteiger partial charge is 0.493 e. The number of aryl methyl sites for hydroxylation is 3. The molecule has 0 spiro atoms. The third kappa shape index (κ3) is 5.17. The number of thiazole rings is 1. The number of carbonyl (C=O) groups is 2. The highest BCUT2D eigenvalue weighted by molar-refractivity contribution is 7.09. The van der Waals surface area contributed by atoms with Gasteiger partial charge in [-0.3, -0.25) is 14.3 Å². The van der Waals surface area contributed by atoms with Gasteiger partial charge in [0.1, 0.15) is 0 Å². The molecule has 1 aliphatic carbocycles. The summed E-state index contributed by atoms with van der Waals surface area (Å²) in [5.41, 5.74) is 5.18. The number of amides is 2. The lowest BCUT2D eigenvalue weighted by Crippen LogP contribution is -2.40. The van der Waals surface area contributed by atoms with Crippen LogP contribution in [0.2, 0.25) is 0 Å². The van der Waals surface area contributed by atoms with Crippen molar-refractivity contribution in [2.45, 2.75) is 51.7 Å². The smallest absolute Gasteiger partial charge is 0.272 e. The Hall–Kier alpha value is -3.40. The van der Waals surface area contributed by atoms with Crippen molar-refractivity contribution in [2.75, 3.05) is 20.3 Å². The van der Waals surface area contributed by atoms with Gasteiger partial charge in [0.2, 0.25) is 0 Å². The lowest BCUT2D eigenvalue weighted by Gasteiger charge is -2.28. The summed E-state index contributed by atoms with van der Waals surface area (Å²) in [7, 11) is 1.57. The predicted octanol–water partition coefficient (Wildman–Crippen LogP) is 2.76. The second-order valence-electron chi connectivity index (χ2n) is 8.86. The molecule has 1 N–H and O–H groups in total. The molecule has 10 heteroatoms. The van der Waals surface area contributed by atoms with E-state index in [2.05, 4.69) is 10.3 Å². The molecule has 0 atom stereocenters. The van der Waals surface area contributed by atoms with Crippen LogP contribution in [0.4, 0.5) is 0 Å². The molecular formula is C25H29N5O4S. The number of aromatic nitrogens is 3. The van der Waals surface area contributed by atoms with Crippen LogP contribution in [0.5, 0.6) is 11.5 Å². The lowest BCUT2D eigenvalue weighted by atomic mass is 10.0. The van der Waals surface area contributed by atoms with E-state index >= 15 is 0 Å². The molecule has 0 saturated heterocycles.